The van der Waals surface area contributed by atoms with E-state index in [0.717, 1.165) is 12.0 Å². The molecule has 1 aliphatic rings. The molecule has 0 N–H and O–H groups in total. The monoisotopic (exact) mass is 188 g/mol. The van der Waals surface area contributed by atoms with Crippen LogP contribution in [0.25, 0.3) is 0 Å². The maximum atomic E-state index is 11.8. The quantitative estimate of drug-likeness (QED) is 0.681. The minimum Gasteiger partial charge on any atom is -0.300 e. The summed E-state index contributed by atoms with van der Waals surface area (Å²) in [6.07, 6.45) is 0.739. The molecule has 0 unspecified atom stereocenters. The number of hydrogen-bond donors (Lipinski definition) is 0. The zero-order valence-corrected chi connectivity index (χ0v) is 8.07. The first-order valence-electron chi connectivity index (χ1n) is 4.80. The number of hydrogen-bond acceptors (Lipinski definition) is 2. The van der Waals surface area contributed by atoms with Crippen LogP contribution < -0.4 is 0 Å². The summed E-state index contributed by atoms with van der Waals surface area (Å²) in [5, 5.41) is 0. The minimum atomic E-state index is -0.0464. The van der Waals surface area contributed by atoms with E-state index in [2.05, 4.69) is 0 Å². The summed E-state index contributed by atoms with van der Waals surface area (Å²) >= 11 is 0. The van der Waals surface area contributed by atoms with Gasteiger partial charge in [0.15, 0.2) is 5.78 Å². The van der Waals surface area contributed by atoms with E-state index in [1.54, 1.807) is 19.1 Å². The Balaban J connectivity index is 2.09. The predicted molar refractivity (Wildman–Crippen MR) is 53.1 cm³/mol. The van der Waals surface area contributed by atoms with Crippen molar-refractivity contribution in [1.82, 2.24) is 0 Å². The zero-order chi connectivity index (χ0) is 10.1. The van der Waals surface area contributed by atoms with Crippen LogP contribution in [0, 0.1) is 11.8 Å². The second kappa shape index (κ2) is 3.37. The molecule has 2 atom stereocenters. The molecule has 0 amide bonds. The Hall–Kier alpha value is -1.44. The molecule has 0 radical (unpaired) electrons. The molecule has 1 aliphatic carbocycles. The SMILES string of the molecule is CC(=O)[C@H]1C[C@H]1C(=O)c1ccccc1. The van der Waals surface area contributed by atoms with Gasteiger partial charge in [0.2, 0.25) is 0 Å². The lowest BCUT2D eigenvalue weighted by Crippen LogP contribution is -2.06. The van der Waals surface area contributed by atoms with Crippen LogP contribution in [-0.2, 0) is 4.79 Å². The standard InChI is InChI=1S/C12H12O2/c1-8(13)10-7-11(10)12(14)9-5-3-2-4-6-9/h2-6,10-11H,7H2,1H3/t10-,11-/m1/s1. The van der Waals surface area contributed by atoms with Gasteiger partial charge < -0.3 is 0 Å². The minimum absolute atomic E-state index is 0.0114. The Bertz CT molecular complexity index is 367. The molecule has 0 bridgehead atoms. The second-order valence-corrected chi connectivity index (χ2v) is 3.79. The third-order valence-corrected chi connectivity index (χ3v) is 2.71. The van der Waals surface area contributed by atoms with Gasteiger partial charge in [-0.1, -0.05) is 30.3 Å². The number of carbonyl (C=O) groups excluding carboxylic acids is 2. The van der Waals surface area contributed by atoms with Gasteiger partial charge in [-0.3, -0.25) is 9.59 Å². The molecule has 2 nitrogen and oxygen atoms in total. The lowest BCUT2D eigenvalue weighted by Gasteiger charge is -1.97. The van der Waals surface area contributed by atoms with Crippen LogP contribution in [0.4, 0.5) is 0 Å². The summed E-state index contributed by atoms with van der Waals surface area (Å²) in [4.78, 5) is 22.8. The van der Waals surface area contributed by atoms with Gasteiger partial charge in [0.05, 0.1) is 0 Å². The molecule has 0 heterocycles. The summed E-state index contributed by atoms with van der Waals surface area (Å²) in [6, 6.07) is 9.18. The van der Waals surface area contributed by atoms with Gasteiger partial charge in [-0.15, -0.1) is 0 Å². The van der Waals surface area contributed by atoms with E-state index in [1.165, 1.54) is 0 Å². The van der Waals surface area contributed by atoms with E-state index in [4.69, 9.17) is 0 Å². The van der Waals surface area contributed by atoms with Gasteiger partial charge >= 0.3 is 0 Å². The smallest absolute Gasteiger partial charge is 0.166 e. The summed E-state index contributed by atoms with van der Waals surface area (Å²) in [7, 11) is 0. The van der Waals surface area contributed by atoms with Crippen molar-refractivity contribution in [3.8, 4) is 0 Å². The summed E-state index contributed by atoms with van der Waals surface area (Å²) < 4.78 is 0. The van der Waals surface area contributed by atoms with E-state index in [-0.39, 0.29) is 23.4 Å². The van der Waals surface area contributed by atoms with Crippen LogP contribution in [0.3, 0.4) is 0 Å². The fourth-order valence-corrected chi connectivity index (χ4v) is 1.75. The predicted octanol–water partition coefficient (Wildman–Crippen LogP) is 2.09. The van der Waals surface area contributed by atoms with Crippen molar-refractivity contribution in [3.05, 3.63) is 35.9 Å². The first-order valence-corrected chi connectivity index (χ1v) is 4.80. The average Bonchev–Trinajstić information content (AvgIpc) is 2.97. The van der Waals surface area contributed by atoms with Crippen molar-refractivity contribution >= 4 is 11.6 Å². The van der Waals surface area contributed by atoms with Crippen LogP contribution >= 0.6 is 0 Å². The van der Waals surface area contributed by atoms with Crippen LogP contribution in [0.2, 0.25) is 0 Å². The highest BCUT2D eigenvalue weighted by Crippen LogP contribution is 2.41. The Kier molecular flexibility index (Phi) is 2.20. The average molecular weight is 188 g/mol. The molecule has 1 saturated carbocycles. The highest BCUT2D eigenvalue weighted by atomic mass is 16.1. The lowest BCUT2D eigenvalue weighted by atomic mass is 10.1. The molecule has 0 aromatic heterocycles. The number of rotatable bonds is 3. The normalized spacial score (nSPS) is 24.4. The maximum Gasteiger partial charge on any atom is 0.166 e. The number of Topliss-reactive ketones (excluding diaryl/α,β-unsaturated/α-hetero) is 2. The summed E-state index contributed by atoms with van der Waals surface area (Å²) in [6.45, 7) is 1.56. The molecule has 1 aromatic rings. The van der Waals surface area contributed by atoms with Crippen molar-refractivity contribution < 1.29 is 9.59 Å². The third kappa shape index (κ3) is 1.60. The van der Waals surface area contributed by atoms with Gasteiger partial charge in [0.25, 0.3) is 0 Å². The van der Waals surface area contributed by atoms with E-state index in [1.807, 2.05) is 18.2 Å². The Labute approximate surface area is 82.9 Å². The van der Waals surface area contributed by atoms with Gasteiger partial charge in [-0.05, 0) is 13.3 Å². The maximum absolute atomic E-state index is 11.8. The first-order chi connectivity index (χ1) is 6.70. The van der Waals surface area contributed by atoms with E-state index in [9.17, 15) is 9.59 Å². The van der Waals surface area contributed by atoms with Gasteiger partial charge in [0, 0.05) is 17.4 Å². The largest absolute Gasteiger partial charge is 0.300 e. The van der Waals surface area contributed by atoms with Crippen molar-refractivity contribution in [3.63, 3.8) is 0 Å². The number of benzene rings is 1. The Morgan fingerprint density at radius 3 is 2.29 bits per heavy atom. The summed E-state index contributed by atoms with van der Waals surface area (Å²) in [5.41, 5.74) is 0.723. The zero-order valence-electron chi connectivity index (χ0n) is 8.07. The molecule has 2 rings (SSSR count). The van der Waals surface area contributed by atoms with Crippen molar-refractivity contribution in [1.29, 1.82) is 0 Å². The van der Waals surface area contributed by atoms with Gasteiger partial charge in [0.1, 0.15) is 5.78 Å². The molecule has 1 aromatic carbocycles. The Morgan fingerprint density at radius 1 is 1.14 bits per heavy atom. The molecule has 14 heavy (non-hydrogen) atoms. The van der Waals surface area contributed by atoms with E-state index < -0.39 is 0 Å². The molecule has 2 heteroatoms. The first kappa shape index (κ1) is 9.13. The van der Waals surface area contributed by atoms with E-state index in [0.29, 0.717) is 0 Å². The topological polar surface area (TPSA) is 34.1 Å². The van der Waals surface area contributed by atoms with Gasteiger partial charge in [-0.2, -0.15) is 0 Å². The number of ketones is 2. The molecule has 1 fully saturated rings. The van der Waals surface area contributed by atoms with Crippen LogP contribution in [0.5, 0.6) is 0 Å². The molecule has 0 spiro atoms. The van der Waals surface area contributed by atoms with Crippen molar-refractivity contribution in [2.24, 2.45) is 11.8 Å². The third-order valence-electron chi connectivity index (χ3n) is 2.71. The van der Waals surface area contributed by atoms with Crippen LogP contribution in [-0.4, -0.2) is 11.6 Å². The van der Waals surface area contributed by atoms with Crippen molar-refractivity contribution in [2.75, 3.05) is 0 Å². The van der Waals surface area contributed by atoms with Gasteiger partial charge in [-0.25, -0.2) is 0 Å². The summed E-state index contributed by atoms with van der Waals surface area (Å²) in [5.74, 6) is 0.197. The Morgan fingerprint density at radius 2 is 1.79 bits per heavy atom. The van der Waals surface area contributed by atoms with Crippen LogP contribution in [0.15, 0.2) is 30.3 Å². The molecular weight excluding hydrogens is 176 g/mol. The molecular formula is C12H12O2. The molecule has 0 saturated heterocycles. The van der Waals surface area contributed by atoms with Crippen molar-refractivity contribution in [2.45, 2.75) is 13.3 Å². The van der Waals surface area contributed by atoms with E-state index >= 15 is 0 Å². The van der Waals surface area contributed by atoms with Crippen LogP contribution in [0.1, 0.15) is 23.7 Å². The fraction of sp³-hybridized carbons (Fsp3) is 0.333. The second-order valence-electron chi connectivity index (χ2n) is 3.79. The molecule has 0 aliphatic heterocycles. The fourth-order valence-electron chi connectivity index (χ4n) is 1.75. The molecule has 72 valence electrons. The lowest BCUT2D eigenvalue weighted by molar-refractivity contribution is -0.118. The highest BCUT2D eigenvalue weighted by molar-refractivity contribution is 6.03. The highest BCUT2D eigenvalue weighted by Gasteiger charge is 2.45. The number of carbonyl (C=O) groups is 2.